The minimum absolute atomic E-state index is 0.174. The fourth-order valence-electron chi connectivity index (χ4n) is 2.42. The summed E-state index contributed by atoms with van der Waals surface area (Å²) in [6.07, 6.45) is 1.56. The Balaban J connectivity index is 1.86. The van der Waals surface area contributed by atoms with Crippen molar-refractivity contribution in [1.29, 1.82) is 0 Å². The normalized spacial score (nSPS) is 10.6. The predicted octanol–water partition coefficient (Wildman–Crippen LogP) is 4.91. The maximum Gasteiger partial charge on any atom is 0.254 e. The Morgan fingerprint density at radius 2 is 1.83 bits per heavy atom. The number of hydrogen-bond donors (Lipinski definition) is 0. The number of amides is 1. The summed E-state index contributed by atoms with van der Waals surface area (Å²) in [5.41, 5.74) is 1.23. The molecule has 0 N–H and O–H groups in total. The van der Waals surface area contributed by atoms with E-state index >= 15 is 0 Å². The third-order valence-corrected chi connectivity index (χ3v) is 3.82. The molecule has 24 heavy (non-hydrogen) atoms. The zero-order chi connectivity index (χ0) is 16.9. The Bertz CT molecular complexity index is 816. The largest absolute Gasteiger partial charge is 0.467 e. The van der Waals surface area contributed by atoms with Gasteiger partial charge in [-0.15, -0.1) is 0 Å². The first-order valence-electron chi connectivity index (χ1n) is 7.43. The summed E-state index contributed by atoms with van der Waals surface area (Å²) in [5.74, 6) is 0.158. The Morgan fingerprint density at radius 3 is 2.50 bits per heavy atom. The molecule has 1 heterocycles. The van der Waals surface area contributed by atoms with Crippen LogP contribution in [-0.4, -0.2) is 10.8 Å². The van der Waals surface area contributed by atoms with Crippen molar-refractivity contribution < 1.29 is 13.6 Å². The van der Waals surface area contributed by atoms with Crippen LogP contribution >= 0.6 is 11.6 Å². The molecule has 3 nitrogen and oxygen atoms in total. The van der Waals surface area contributed by atoms with Gasteiger partial charge in [-0.05, 0) is 54.1 Å². The van der Waals surface area contributed by atoms with Gasteiger partial charge in [0.15, 0.2) is 0 Å². The lowest BCUT2D eigenvalue weighted by Crippen LogP contribution is -2.30. The molecule has 0 saturated carbocycles. The van der Waals surface area contributed by atoms with Gasteiger partial charge in [-0.1, -0.05) is 23.7 Å². The van der Waals surface area contributed by atoms with Crippen molar-refractivity contribution in [2.75, 3.05) is 0 Å². The molecule has 0 saturated heterocycles. The van der Waals surface area contributed by atoms with Crippen LogP contribution in [0.3, 0.4) is 0 Å². The van der Waals surface area contributed by atoms with E-state index in [0.29, 0.717) is 28.5 Å². The average Bonchev–Trinajstić information content (AvgIpc) is 3.07. The fraction of sp³-hybridized carbons (Fsp3) is 0.105. The molecule has 5 heteroatoms. The molecule has 3 rings (SSSR count). The highest BCUT2D eigenvalue weighted by Crippen LogP contribution is 2.17. The fourth-order valence-corrected chi connectivity index (χ4v) is 2.55. The average molecular weight is 344 g/mol. The summed E-state index contributed by atoms with van der Waals surface area (Å²) in [6, 6.07) is 16.5. The number of nitrogens with zero attached hydrogens (tertiary/aromatic N) is 1. The van der Waals surface area contributed by atoms with Gasteiger partial charge >= 0.3 is 0 Å². The predicted molar refractivity (Wildman–Crippen MR) is 90.1 cm³/mol. The molecule has 0 atom stereocenters. The maximum absolute atomic E-state index is 13.4. The molecule has 0 fully saturated rings. The van der Waals surface area contributed by atoms with Crippen LogP contribution in [-0.2, 0) is 13.1 Å². The summed E-state index contributed by atoms with van der Waals surface area (Å²) in [7, 11) is 0. The minimum atomic E-state index is -0.329. The highest BCUT2D eigenvalue weighted by Gasteiger charge is 2.18. The molecule has 1 aromatic heterocycles. The number of hydrogen-bond acceptors (Lipinski definition) is 2. The van der Waals surface area contributed by atoms with Gasteiger partial charge in [0.2, 0.25) is 0 Å². The molecule has 0 bridgehead atoms. The van der Waals surface area contributed by atoms with E-state index in [1.807, 2.05) is 0 Å². The minimum Gasteiger partial charge on any atom is -0.467 e. The molecule has 0 unspecified atom stereocenters. The number of halogens is 2. The van der Waals surface area contributed by atoms with Crippen LogP contribution in [0.15, 0.2) is 71.3 Å². The number of carbonyl (C=O) groups is 1. The first kappa shape index (κ1) is 16.3. The summed E-state index contributed by atoms with van der Waals surface area (Å²) in [5, 5.41) is 0.564. The van der Waals surface area contributed by atoms with Crippen LogP contribution in [0.5, 0.6) is 0 Å². The van der Waals surface area contributed by atoms with Gasteiger partial charge in [-0.2, -0.15) is 0 Å². The Morgan fingerprint density at radius 1 is 1.04 bits per heavy atom. The number of furan rings is 1. The first-order chi connectivity index (χ1) is 11.6. The second-order valence-electron chi connectivity index (χ2n) is 5.38. The maximum atomic E-state index is 13.4. The lowest BCUT2D eigenvalue weighted by molar-refractivity contribution is 0.0717. The number of benzene rings is 2. The van der Waals surface area contributed by atoms with Crippen LogP contribution in [0.4, 0.5) is 4.39 Å². The van der Waals surface area contributed by atoms with Gasteiger partial charge < -0.3 is 9.32 Å². The van der Waals surface area contributed by atoms with Crippen LogP contribution in [0, 0.1) is 5.82 Å². The first-order valence-corrected chi connectivity index (χ1v) is 7.81. The van der Waals surface area contributed by atoms with E-state index in [1.165, 1.54) is 12.1 Å². The number of rotatable bonds is 5. The van der Waals surface area contributed by atoms with Crippen molar-refractivity contribution in [2.45, 2.75) is 13.1 Å². The van der Waals surface area contributed by atoms with Crippen molar-refractivity contribution in [2.24, 2.45) is 0 Å². The topological polar surface area (TPSA) is 33.5 Å². The molecule has 2 aromatic carbocycles. The Labute approximate surface area is 144 Å². The standard InChI is InChI=1S/C19H15ClFNO2/c20-16-8-6-15(7-9-16)19(23)22(13-18-5-2-10-24-18)12-14-3-1-4-17(21)11-14/h1-11H,12-13H2. The quantitative estimate of drug-likeness (QED) is 0.659. The van der Waals surface area contributed by atoms with Crippen molar-refractivity contribution >= 4 is 17.5 Å². The molecule has 122 valence electrons. The van der Waals surface area contributed by atoms with Gasteiger partial charge in [-0.3, -0.25) is 4.79 Å². The Hall–Kier alpha value is -2.59. The van der Waals surface area contributed by atoms with Gasteiger partial charge in [0, 0.05) is 17.1 Å². The smallest absolute Gasteiger partial charge is 0.254 e. The Kier molecular flexibility index (Phi) is 4.96. The second kappa shape index (κ2) is 7.32. The van der Waals surface area contributed by atoms with E-state index in [4.69, 9.17) is 16.0 Å². The van der Waals surface area contributed by atoms with E-state index in [9.17, 15) is 9.18 Å². The van der Waals surface area contributed by atoms with Gasteiger partial charge in [-0.25, -0.2) is 4.39 Å². The molecule has 0 spiro atoms. The lowest BCUT2D eigenvalue weighted by Gasteiger charge is -2.22. The SMILES string of the molecule is O=C(c1ccc(Cl)cc1)N(Cc1cccc(F)c1)Cc1ccco1. The zero-order valence-corrected chi connectivity index (χ0v) is 13.5. The molecule has 0 aliphatic rings. The van der Waals surface area contributed by atoms with Gasteiger partial charge in [0.05, 0.1) is 12.8 Å². The second-order valence-corrected chi connectivity index (χ2v) is 5.81. The van der Waals surface area contributed by atoms with E-state index in [2.05, 4.69) is 0 Å². The summed E-state index contributed by atoms with van der Waals surface area (Å²) in [4.78, 5) is 14.4. The lowest BCUT2D eigenvalue weighted by atomic mass is 10.1. The third kappa shape index (κ3) is 4.03. The van der Waals surface area contributed by atoms with Crippen molar-refractivity contribution in [3.63, 3.8) is 0 Å². The summed E-state index contributed by atoms with van der Waals surface area (Å²) >= 11 is 5.88. The molecular formula is C19H15ClFNO2. The monoisotopic (exact) mass is 343 g/mol. The van der Waals surface area contributed by atoms with Crippen LogP contribution in [0.2, 0.25) is 5.02 Å². The van der Waals surface area contributed by atoms with Gasteiger partial charge in [0.25, 0.3) is 5.91 Å². The van der Waals surface area contributed by atoms with E-state index in [1.54, 1.807) is 59.7 Å². The zero-order valence-electron chi connectivity index (χ0n) is 12.8. The molecule has 0 aliphatic heterocycles. The summed E-state index contributed by atoms with van der Waals surface area (Å²) < 4.78 is 18.8. The molecular weight excluding hydrogens is 329 g/mol. The molecule has 0 aliphatic carbocycles. The van der Waals surface area contributed by atoms with Crippen molar-refractivity contribution in [1.82, 2.24) is 4.90 Å². The van der Waals surface area contributed by atoms with E-state index in [0.717, 1.165) is 0 Å². The highest BCUT2D eigenvalue weighted by molar-refractivity contribution is 6.30. The van der Waals surface area contributed by atoms with E-state index in [-0.39, 0.29) is 18.3 Å². The molecule has 0 radical (unpaired) electrons. The van der Waals surface area contributed by atoms with E-state index < -0.39 is 0 Å². The third-order valence-electron chi connectivity index (χ3n) is 3.57. The van der Waals surface area contributed by atoms with Crippen LogP contribution in [0.1, 0.15) is 21.7 Å². The number of carbonyl (C=O) groups excluding carboxylic acids is 1. The van der Waals surface area contributed by atoms with Crippen molar-refractivity contribution in [3.05, 3.63) is 94.7 Å². The van der Waals surface area contributed by atoms with Gasteiger partial charge in [0.1, 0.15) is 11.6 Å². The van der Waals surface area contributed by atoms with Crippen molar-refractivity contribution in [3.8, 4) is 0 Å². The summed E-state index contributed by atoms with van der Waals surface area (Å²) in [6.45, 7) is 0.574. The molecule has 3 aromatic rings. The molecule has 1 amide bonds. The van der Waals surface area contributed by atoms with Crippen LogP contribution < -0.4 is 0 Å². The highest BCUT2D eigenvalue weighted by atomic mass is 35.5. The van der Waals surface area contributed by atoms with Crippen LogP contribution in [0.25, 0.3) is 0 Å².